The van der Waals surface area contributed by atoms with Crippen LogP contribution in [0.5, 0.6) is 23.0 Å². The van der Waals surface area contributed by atoms with Crippen molar-refractivity contribution in [1.82, 2.24) is 9.78 Å². The molecule has 0 aliphatic heterocycles. The molecule has 31 heavy (non-hydrogen) atoms. The summed E-state index contributed by atoms with van der Waals surface area (Å²) < 4.78 is 24.3. The van der Waals surface area contributed by atoms with Gasteiger partial charge in [0.25, 0.3) is 0 Å². The smallest absolute Gasteiger partial charge is 0.161 e. The van der Waals surface area contributed by atoms with E-state index in [-0.39, 0.29) is 0 Å². The number of nitrogens with zero attached hydrogens (tertiary/aromatic N) is 2. The van der Waals surface area contributed by atoms with Crippen LogP contribution in [0.4, 0.5) is 0 Å². The number of para-hydroxylation sites is 1. The average molecular weight is 414 g/mol. The second-order valence-electron chi connectivity index (χ2n) is 7.16. The molecule has 5 aromatic rings. The number of methoxy groups -OCH3 is 4. The molecule has 0 bridgehead atoms. The highest BCUT2D eigenvalue weighted by molar-refractivity contribution is 6.25. The van der Waals surface area contributed by atoms with Gasteiger partial charge in [-0.05, 0) is 52.6 Å². The Morgan fingerprint density at radius 1 is 0.581 bits per heavy atom. The van der Waals surface area contributed by atoms with E-state index in [1.807, 2.05) is 65.5 Å². The summed E-state index contributed by atoms with van der Waals surface area (Å²) in [6.07, 6.45) is 1.90. The molecule has 4 aromatic carbocycles. The van der Waals surface area contributed by atoms with Crippen molar-refractivity contribution in [2.45, 2.75) is 0 Å². The molecule has 0 saturated carbocycles. The fourth-order valence-corrected chi connectivity index (χ4v) is 4.19. The molecule has 1 heterocycles. The van der Waals surface area contributed by atoms with E-state index in [0.29, 0.717) is 23.0 Å². The normalized spacial score (nSPS) is 11.2. The highest BCUT2D eigenvalue weighted by Gasteiger charge is 2.19. The number of fused-ring (bicyclic) bond motifs is 6. The van der Waals surface area contributed by atoms with Crippen LogP contribution in [0, 0.1) is 0 Å². The lowest BCUT2D eigenvalue weighted by Crippen LogP contribution is -1.98. The van der Waals surface area contributed by atoms with Crippen LogP contribution in [-0.4, -0.2) is 38.2 Å². The maximum atomic E-state index is 5.61. The van der Waals surface area contributed by atoms with Crippen LogP contribution in [0.1, 0.15) is 0 Å². The van der Waals surface area contributed by atoms with E-state index in [0.717, 1.165) is 38.1 Å². The number of aromatic nitrogens is 2. The van der Waals surface area contributed by atoms with E-state index in [9.17, 15) is 0 Å². The van der Waals surface area contributed by atoms with Gasteiger partial charge in [0.05, 0.1) is 45.8 Å². The third kappa shape index (κ3) is 2.83. The minimum absolute atomic E-state index is 0.663. The summed E-state index contributed by atoms with van der Waals surface area (Å²) in [7, 11) is 6.57. The van der Waals surface area contributed by atoms with Crippen LogP contribution in [-0.2, 0) is 0 Å². The van der Waals surface area contributed by atoms with Crippen molar-refractivity contribution in [2.75, 3.05) is 28.4 Å². The zero-order valence-electron chi connectivity index (χ0n) is 17.8. The lowest BCUT2D eigenvalue weighted by molar-refractivity contribution is 0.355. The predicted octanol–water partition coefficient (Wildman–Crippen LogP) is 5.37. The minimum atomic E-state index is 0.663. The standard InChI is InChI=1S/C25H22N2O4/c1-28-21-10-16-17-11-22(29-2)24(31-4)13-19(17)25-20(18(16)12-23(21)30-3)14-26-27(25)15-8-6-5-7-9-15/h5-14H,1-4H3. The highest BCUT2D eigenvalue weighted by atomic mass is 16.5. The van der Waals surface area contributed by atoms with E-state index in [1.165, 1.54) is 0 Å². The maximum Gasteiger partial charge on any atom is 0.161 e. The van der Waals surface area contributed by atoms with E-state index < -0.39 is 0 Å². The number of hydrogen-bond donors (Lipinski definition) is 0. The molecular weight excluding hydrogens is 392 g/mol. The fourth-order valence-electron chi connectivity index (χ4n) is 4.19. The molecule has 6 nitrogen and oxygen atoms in total. The van der Waals surface area contributed by atoms with Crippen molar-refractivity contribution in [3.63, 3.8) is 0 Å². The van der Waals surface area contributed by atoms with Crippen LogP contribution in [0.25, 0.3) is 38.1 Å². The molecule has 0 amide bonds. The fraction of sp³-hybridized carbons (Fsp3) is 0.160. The Morgan fingerprint density at radius 3 is 1.55 bits per heavy atom. The molecule has 0 radical (unpaired) electrons. The molecule has 0 unspecified atom stereocenters. The van der Waals surface area contributed by atoms with Gasteiger partial charge >= 0.3 is 0 Å². The zero-order chi connectivity index (χ0) is 21.5. The molecule has 5 rings (SSSR count). The van der Waals surface area contributed by atoms with E-state index in [1.54, 1.807) is 28.4 Å². The van der Waals surface area contributed by atoms with Crippen molar-refractivity contribution in [3.05, 3.63) is 60.8 Å². The molecule has 0 atom stereocenters. The first-order chi connectivity index (χ1) is 15.2. The van der Waals surface area contributed by atoms with E-state index >= 15 is 0 Å². The molecular formula is C25H22N2O4. The zero-order valence-corrected chi connectivity index (χ0v) is 17.8. The average Bonchev–Trinajstić information content (AvgIpc) is 3.28. The Morgan fingerprint density at radius 2 is 1.03 bits per heavy atom. The van der Waals surface area contributed by atoms with Gasteiger partial charge in [0.2, 0.25) is 0 Å². The number of rotatable bonds is 5. The molecule has 1 aromatic heterocycles. The monoisotopic (exact) mass is 414 g/mol. The van der Waals surface area contributed by atoms with Crippen LogP contribution < -0.4 is 18.9 Å². The molecule has 0 saturated heterocycles. The molecule has 0 aliphatic carbocycles. The third-order valence-electron chi connectivity index (χ3n) is 5.65. The van der Waals surface area contributed by atoms with Gasteiger partial charge in [0, 0.05) is 10.8 Å². The van der Waals surface area contributed by atoms with E-state index in [4.69, 9.17) is 24.0 Å². The summed E-state index contributed by atoms with van der Waals surface area (Å²) in [6.45, 7) is 0. The van der Waals surface area contributed by atoms with Gasteiger partial charge in [-0.3, -0.25) is 0 Å². The first-order valence-corrected chi connectivity index (χ1v) is 9.86. The predicted molar refractivity (Wildman–Crippen MR) is 122 cm³/mol. The molecule has 0 N–H and O–H groups in total. The number of hydrogen-bond acceptors (Lipinski definition) is 5. The van der Waals surface area contributed by atoms with Crippen molar-refractivity contribution in [1.29, 1.82) is 0 Å². The van der Waals surface area contributed by atoms with Gasteiger partial charge in [-0.25, -0.2) is 4.68 Å². The van der Waals surface area contributed by atoms with Gasteiger partial charge in [-0.2, -0.15) is 5.10 Å². The van der Waals surface area contributed by atoms with Crippen LogP contribution in [0.2, 0.25) is 0 Å². The molecule has 156 valence electrons. The van der Waals surface area contributed by atoms with Gasteiger partial charge < -0.3 is 18.9 Å². The third-order valence-corrected chi connectivity index (χ3v) is 5.65. The molecule has 0 fully saturated rings. The highest BCUT2D eigenvalue weighted by Crippen LogP contribution is 2.44. The number of benzene rings is 4. The summed E-state index contributed by atoms with van der Waals surface area (Å²) >= 11 is 0. The van der Waals surface area contributed by atoms with Crippen LogP contribution in [0.3, 0.4) is 0 Å². The number of ether oxygens (including phenoxy) is 4. The molecule has 0 aliphatic rings. The van der Waals surface area contributed by atoms with Crippen molar-refractivity contribution in [3.8, 4) is 28.7 Å². The second kappa shape index (κ2) is 7.40. The molecule has 0 spiro atoms. The first-order valence-electron chi connectivity index (χ1n) is 9.86. The summed E-state index contributed by atoms with van der Waals surface area (Å²) in [6, 6.07) is 18.1. The minimum Gasteiger partial charge on any atom is -0.493 e. The van der Waals surface area contributed by atoms with Gasteiger partial charge in [-0.1, -0.05) is 18.2 Å². The van der Waals surface area contributed by atoms with Crippen molar-refractivity contribution < 1.29 is 18.9 Å². The summed E-state index contributed by atoms with van der Waals surface area (Å²) in [5.41, 5.74) is 1.97. The van der Waals surface area contributed by atoms with Crippen molar-refractivity contribution >= 4 is 32.4 Å². The molecule has 6 heteroatoms. The summed E-state index contributed by atoms with van der Waals surface area (Å²) in [5, 5.41) is 9.81. The summed E-state index contributed by atoms with van der Waals surface area (Å²) in [5.74, 6) is 2.66. The largest absolute Gasteiger partial charge is 0.493 e. The van der Waals surface area contributed by atoms with Crippen LogP contribution >= 0.6 is 0 Å². The Labute approximate surface area is 179 Å². The van der Waals surface area contributed by atoms with Gasteiger partial charge in [0.1, 0.15) is 0 Å². The Kier molecular flexibility index (Phi) is 4.55. The summed E-state index contributed by atoms with van der Waals surface area (Å²) in [4.78, 5) is 0. The lowest BCUT2D eigenvalue weighted by Gasteiger charge is -2.16. The van der Waals surface area contributed by atoms with Gasteiger partial charge in [-0.15, -0.1) is 0 Å². The maximum absolute atomic E-state index is 5.61. The Balaban J connectivity index is 2.02. The topological polar surface area (TPSA) is 54.7 Å². The first kappa shape index (κ1) is 19.1. The van der Waals surface area contributed by atoms with E-state index in [2.05, 4.69) is 0 Å². The van der Waals surface area contributed by atoms with Gasteiger partial charge in [0.15, 0.2) is 23.0 Å². The Hall–Kier alpha value is -3.93. The quantitative estimate of drug-likeness (QED) is 0.362. The van der Waals surface area contributed by atoms with Crippen molar-refractivity contribution in [2.24, 2.45) is 0 Å². The second-order valence-corrected chi connectivity index (χ2v) is 7.16. The van der Waals surface area contributed by atoms with Crippen LogP contribution in [0.15, 0.2) is 60.8 Å². The lowest BCUT2D eigenvalue weighted by atomic mass is 9.97. The Bertz CT molecular complexity index is 1420. The SMILES string of the molecule is COc1cc2c(cc1OC)c1cnn(-c3ccccc3)c1c1cc(OC)c(OC)cc21.